The van der Waals surface area contributed by atoms with Crippen molar-refractivity contribution in [3.63, 3.8) is 0 Å². The number of carbonyl (C=O) groups is 1. The van der Waals surface area contributed by atoms with Gasteiger partial charge in [-0.3, -0.25) is 9.78 Å². The highest BCUT2D eigenvalue weighted by Crippen LogP contribution is 2.24. The third kappa shape index (κ3) is 4.55. The predicted octanol–water partition coefficient (Wildman–Crippen LogP) is 3.05. The Hall–Kier alpha value is -2.99. The first-order valence-corrected chi connectivity index (χ1v) is 8.63. The van der Waals surface area contributed by atoms with Gasteiger partial charge in [-0.05, 0) is 51.3 Å². The summed E-state index contributed by atoms with van der Waals surface area (Å²) in [5.41, 5.74) is 3.03. The van der Waals surface area contributed by atoms with E-state index in [1.807, 2.05) is 50.5 Å². The number of fused-ring (bicyclic) bond motifs is 1. The minimum absolute atomic E-state index is 0.151. The molecule has 2 N–H and O–H groups in total. The summed E-state index contributed by atoms with van der Waals surface area (Å²) in [6.07, 6.45) is 4.35. The molecule has 6 nitrogen and oxygen atoms in total. The Bertz CT molecular complexity index is 872. The van der Waals surface area contributed by atoms with E-state index < -0.39 is 0 Å². The number of amides is 1. The molecule has 1 aromatic carbocycles. The van der Waals surface area contributed by atoms with Crippen LogP contribution in [-0.4, -0.2) is 48.0 Å². The number of benzene rings is 1. The summed E-state index contributed by atoms with van der Waals surface area (Å²) in [6.45, 7) is 1.58. The minimum atomic E-state index is -0.151. The first-order chi connectivity index (χ1) is 12.6. The molecule has 0 aliphatic carbocycles. The van der Waals surface area contributed by atoms with Crippen molar-refractivity contribution in [2.45, 2.75) is 6.42 Å². The van der Waals surface area contributed by atoms with Gasteiger partial charge in [0.25, 0.3) is 5.91 Å². The molecular weight excluding hydrogens is 326 g/mol. The van der Waals surface area contributed by atoms with Gasteiger partial charge in [0.2, 0.25) is 0 Å². The largest absolute Gasteiger partial charge is 0.352 e. The molecule has 0 atom stereocenters. The lowest BCUT2D eigenvalue weighted by Crippen LogP contribution is -2.27. The fourth-order valence-electron chi connectivity index (χ4n) is 2.65. The van der Waals surface area contributed by atoms with Gasteiger partial charge in [-0.15, -0.1) is 0 Å². The second-order valence-corrected chi connectivity index (χ2v) is 6.35. The Balaban J connectivity index is 1.63. The van der Waals surface area contributed by atoms with E-state index in [2.05, 4.69) is 25.5 Å². The van der Waals surface area contributed by atoms with Crippen LogP contribution < -0.4 is 10.6 Å². The molecule has 0 bridgehead atoms. The molecule has 134 valence electrons. The molecular formula is C20H23N5O. The topological polar surface area (TPSA) is 70.2 Å². The van der Waals surface area contributed by atoms with Crippen LogP contribution in [0.4, 0.5) is 11.4 Å². The quantitative estimate of drug-likeness (QED) is 0.642. The van der Waals surface area contributed by atoms with Crippen LogP contribution in [0.5, 0.6) is 0 Å². The van der Waals surface area contributed by atoms with Crippen molar-refractivity contribution in [3.8, 4) is 0 Å². The molecule has 0 aliphatic heterocycles. The van der Waals surface area contributed by atoms with Crippen molar-refractivity contribution in [3.05, 3.63) is 60.6 Å². The van der Waals surface area contributed by atoms with Crippen LogP contribution in [0.3, 0.4) is 0 Å². The lowest BCUT2D eigenvalue weighted by atomic mass is 10.2. The van der Waals surface area contributed by atoms with Gasteiger partial charge in [0, 0.05) is 18.1 Å². The molecule has 6 heteroatoms. The summed E-state index contributed by atoms with van der Waals surface area (Å²) in [5, 5.41) is 7.27. The van der Waals surface area contributed by atoms with Crippen molar-refractivity contribution >= 4 is 28.2 Å². The molecule has 2 heterocycles. The Labute approximate surface area is 153 Å². The fourth-order valence-corrected chi connectivity index (χ4v) is 2.65. The average Bonchev–Trinajstić information content (AvgIpc) is 2.66. The maximum atomic E-state index is 12.1. The van der Waals surface area contributed by atoms with Gasteiger partial charge in [-0.2, -0.15) is 0 Å². The number of hydrogen-bond donors (Lipinski definition) is 2. The van der Waals surface area contributed by atoms with Crippen molar-refractivity contribution in [1.82, 2.24) is 20.2 Å². The van der Waals surface area contributed by atoms with Crippen molar-refractivity contribution < 1.29 is 4.79 Å². The van der Waals surface area contributed by atoms with Crippen LogP contribution >= 0.6 is 0 Å². The zero-order valence-electron chi connectivity index (χ0n) is 15.1. The lowest BCUT2D eigenvalue weighted by molar-refractivity contribution is 0.0947. The van der Waals surface area contributed by atoms with E-state index in [1.165, 1.54) is 0 Å². The summed E-state index contributed by atoms with van der Waals surface area (Å²) in [5.74, 6) is -0.151. The first kappa shape index (κ1) is 17.8. The standard InChI is InChI=1S/C20H23N5O/c1-25(2)13-5-12-22-20(26)18-10-9-16(14-23-18)24-17-8-3-6-15-7-4-11-21-19(15)17/h3-4,6-11,14,24H,5,12-13H2,1-2H3,(H,22,26). The Morgan fingerprint density at radius 3 is 2.69 bits per heavy atom. The smallest absolute Gasteiger partial charge is 0.269 e. The summed E-state index contributed by atoms with van der Waals surface area (Å²) in [7, 11) is 4.03. The van der Waals surface area contributed by atoms with Crippen LogP contribution in [0, 0.1) is 0 Å². The maximum Gasteiger partial charge on any atom is 0.269 e. The van der Waals surface area contributed by atoms with E-state index in [4.69, 9.17) is 0 Å². The summed E-state index contributed by atoms with van der Waals surface area (Å²) in [4.78, 5) is 22.9. The maximum absolute atomic E-state index is 12.1. The van der Waals surface area contributed by atoms with Crippen LogP contribution in [0.25, 0.3) is 10.9 Å². The minimum Gasteiger partial charge on any atom is -0.352 e. The number of para-hydroxylation sites is 1. The van der Waals surface area contributed by atoms with E-state index >= 15 is 0 Å². The number of nitrogens with one attached hydrogen (secondary N) is 2. The van der Waals surface area contributed by atoms with Gasteiger partial charge in [0.15, 0.2) is 0 Å². The molecule has 0 saturated heterocycles. The molecule has 2 aromatic heterocycles. The number of aromatic nitrogens is 2. The first-order valence-electron chi connectivity index (χ1n) is 8.63. The van der Waals surface area contributed by atoms with Crippen LogP contribution in [0.2, 0.25) is 0 Å². The third-order valence-corrected chi connectivity index (χ3v) is 3.98. The number of hydrogen-bond acceptors (Lipinski definition) is 5. The highest BCUT2D eigenvalue weighted by atomic mass is 16.1. The SMILES string of the molecule is CN(C)CCCNC(=O)c1ccc(Nc2cccc3cccnc23)cn1. The van der Waals surface area contributed by atoms with E-state index in [9.17, 15) is 4.79 Å². The van der Waals surface area contributed by atoms with Crippen LogP contribution in [0.1, 0.15) is 16.9 Å². The molecule has 3 aromatic rings. The number of pyridine rings is 2. The fraction of sp³-hybridized carbons (Fsp3) is 0.250. The van der Waals surface area contributed by atoms with E-state index in [-0.39, 0.29) is 5.91 Å². The summed E-state index contributed by atoms with van der Waals surface area (Å²) in [6, 6.07) is 13.5. The second kappa shape index (κ2) is 8.40. The van der Waals surface area contributed by atoms with E-state index in [1.54, 1.807) is 18.5 Å². The zero-order valence-corrected chi connectivity index (χ0v) is 15.1. The van der Waals surface area contributed by atoms with Crippen molar-refractivity contribution in [1.29, 1.82) is 0 Å². The Morgan fingerprint density at radius 2 is 1.92 bits per heavy atom. The van der Waals surface area contributed by atoms with Crippen LogP contribution in [-0.2, 0) is 0 Å². The van der Waals surface area contributed by atoms with Gasteiger partial charge >= 0.3 is 0 Å². The van der Waals surface area contributed by atoms with E-state index in [0.717, 1.165) is 35.2 Å². The van der Waals surface area contributed by atoms with Crippen molar-refractivity contribution in [2.24, 2.45) is 0 Å². The normalized spacial score (nSPS) is 10.9. The van der Waals surface area contributed by atoms with Crippen LogP contribution in [0.15, 0.2) is 54.9 Å². The number of nitrogens with zero attached hydrogens (tertiary/aromatic N) is 3. The highest BCUT2D eigenvalue weighted by Gasteiger charge is 2.07. The van der Waals surface area contributed by atoms with Gasteiger partial charge in [0.1, 0.15) is 5.69 Å². The third-order valence-electron chi connectivity index (χ3n) is 3.98. The molecule has 26 heavy (non-hydrogen) atoms. The Kier molecular flexibility index (Phi) is 5.76. The molecule has 0 saturated carbocycles. The van der Waals surface area contributed by atoms with Gasteiger partial charge in [-0.1, -0.05) is 18.2 Å². The predicted molar refractivity (Wildman–Crippen MR) is 105 cm³/mol. The van der Waals surface area contributed by atoms with Gasteiger partial charge in [0.05, 0.1) is 23.1 Å². The molecule has 0 spiro atoms. The summed E-state index contributed by atoms with van der Waals surface area (Å²) < 4.78 is 0. The number of rotatable bonds is 7. The highest BCUT2D eigenvalue weighted by molar-refractivity contribution is 5.93. The Morgan fingerprint density at radius 1 is 1.08 bits per heavy atom. The van der Waals surface area contributed by atoms with Crippen molar-refractivity contribution in [2.75, 3.05) is 32.5 Å². The zero-order chi connectivity index (χ0) is 18.4. The molecule has 0 fully saturated rings. The molecule has 0 aliphatic rings. The second-order valence-electron chi connectivity index (χ2n) is 6.35. The average molecular weight is 349 g/mol. The van der Waals surface area contributed by atoms with Gasteiger partial charge < -0.3 is 15.5 Å². The summed E-state index contributed by atoms with van der Waals surface area (Å²) >= 11 is 0. The van der Waals surface area contributed by atoms with E-state index in [0.29, 0.717) is 12.2 Å². The number of anilines is 2. The molecule has 0 radical (unpaired) electrons. The lowest BCUT2D eigenvalue weighted by Gasteiger charge is -2.10. The molecule has 1 amide bonds. The number of carbonyl (C=O) groups excluding carboxylic acids is 1. The molecule has 3 rings (SSSR count). The molecule has 0 unspecified atom stereocenters. The van der Waals surface area contributed by atoms with Gasteiger partial charge in [-0.25, -0.2) is 4.98 Å². The monoisotopic (exact) mass is 349 g/mol.